The van der Waals surface area contributed by atoms with Gasteiger partial charge in [-0.3, -0.25) is 0 Å². The monoisotopic (exact) mass is 371 g/mol. The number of nitrogens with zero attached hydrogens (tertiary/aromatic N) is 1. The van der Waals surface area contributed by atoms with Crippen LogP contribution in [0.1, 0.15) is 27.4 Å². The average Bonchev–Trinajstić information content (AvgIpc) is 2.95. The Hall–Kier alpha value is -2.93. The fourth-order valence-electron chi connectivity index (χ4n) is 2.45. The molecular weight excluding hydrogens is 354 g/mol. The van der Waals surface area contributed by atoms with Crippen LogP contribution in [-0.2, 0) is 15.6 Å². The minimum atomic E-state index is -3.54. The minimum absolute atomic E-state index is 0.152. The molecule has 0 spiro atoms. The standard InChI is InChI=1S/C19H17NO5S/c1-12-3-9-16(10-4-12)26(23,24)11-17-13(2)25-18(20-17)14-5-7-15(8-6-14)19(21)22/h3-10H,11H2,1-2H3,(H,21,22). The Morgan fingerprint density at radius 1 is 1.04 bits per heavy atom. The van der Waals surface area contributed by atoms with Crippen LogP contribution in [0.4, 0.5) is 0 Å². The van der Waals surface area contributed by atoms with Gasteiger partial charge in [0, 0.05) is 5.56 Å². The zero-order valence-electron chi connectivity index (χ0n) is 14.3. The van der Waals surface area contributed by atoms with Crippen LogP contribution in [-0.4, -0.2) is 24.5 Å². The van der Waals surface area contributed by atoms with Gasteiger partial charge < -0.3 is 9.52 Å². The van der Waals surface area contributed by atoms with Crippen LogP contribution in [0.5, 0.6) is 0 Å². The van der Waals surface area contributed by atoms with Crippen LogP contribution in [0.15, 0.2) is 57.8 Å². The lowest BCUT2D eigenvalue weighted by molar-refractivity contribution is 0.0697. The second-order valence-electron chi connectivity index (χ2n) is 5.98. The molecule has 0 fully saturated rings. The first-order valence-corrected chi connectivity index (χ1v) is 9.51. The first-order valence-electron chi connectivity index (χ1n) is 7.86. The molecule has 0 atom stereocenters. The Morgan fingerprint density at radius 3 is 2.23 bits per heavy atom. The number of carboxylic acid groups (broad SMARTS) is 1. The number of aryl methyl sites for hydroxylation is 2. The van der Waals surface area contributed by atoms with Crippen molar-refractivity contribution in [3.63, 3.8) is 0 Å². The van der Waals surface area contributed by atoms with Gasteiger partial charge >= 0.3 is 5.97 Å². The maximum atomic E-state index is 12.6. The first-order chi connectivity index (χ1) is 12.3. The maximum Gasteiger partial charge on any atom is 0.335 e. The molecule has 26 heavy (non-hydrogen) atoms. The predicted octanol–water partition coefficient (Wildman–Crippen LogP) is 3.63. The largest absolute Gasteiger partial charge is 0.478 e. The van der Waals surface area contributed by atoms with Gasteiger partial charge in [0.15, 0.2) is 9.84 Å². The van der Waals surface area contributed by atoms with Crippen LogP contribution >= 0.6 is 0 Å². The number of oxazole rings is 1. The fourth-order valence-corrected chi connectivity index (χ4v) is 3.79. The maximum absolute atomic E-state index is 12.6. The van der Waals surface area contributed by atoms with Gasteiger partial charge in [0.2, 0.25) is 5.89 Å². The second-order valence-corrected chi connectivity index (χ2v) is 7.97. The zero-order chi connectivity index (χ0) is 18.9. The third-order valence-electron chi connectivity index (χ3n) is 3.98. The normalized spacial score (nSPS) is 11.5. The zero-order valence-corrected chi connectivity index (χ0v) is 15.1. The highest BCUT2D eigenvalue weighted by Crippen LogP contribution is 2.25. The Bertz CT molecular complexity index is 1050. The number of rotatable bonds is 5. The highest BCUT2D eigenvalue weighted by molar-refractivity contribution is 7.90. The number of hydrogen-bond acceptors (Lipinski definition) is 5. The van der Waals surface area contributed by atoms with Gasteiger partial charge in [-0.05, 0) is 50.2 Å². The van der Waals surface area contributed by atoms with E-state index in [0.29, 0.717) is 17.0 Å². The summed E-state index contributed by atoms with van der Waals surface area (Å²) >= 11 is 0. The van der Waals surface area contributed by atoms with E-state index in [-0.39, 0.29) is 22.1 Å². The van der Waals surface area contributed by atoms with E-state index in [9.17, 15) is 13.2 Å². The van der Waals surface area contributed by atoms with Crippen molar-refractivity contribution in [2.45, 2.75) is 24.5 Å². The van der Waals surface area contributed by atoms with Crippen LogP contribution in [0.3, 0.4) is 0 Å². The van der Waals surface area contributed by atoms with E-state index in [0.717, 1.165) is 5.56 Å². The van der Waals surface area contributed by atoms with Crippen molar-refractivity contribution >= 4 is 15.8 Å². The lowest BCUT2D eigenvalue weighted by Crippen LogP contribution is -2.06. The van der Waals surface area contributed by atoms with Crippen molar-refractivity contribution in [1.82, 2.24) is 4.98 Å². The molecule has 0 radical (unpaired) electrons. The summed E-state index contributed by atoms with van der Waals surface area (Å²) in [6, 6.07) is 12.7. The molecule has 1 N–H and O–H groups in total. The SMILES string of the molecule is Cc1ccc(S(=O)(=O)Cc2nc(-c3ccc(C(=O)O)cc3)oc2C)cc1. The molecule has 1 aromatic heterocycles. The van der Waals surface area contributed by atoms with Crippen molar-refractivity contribution in [2.24, 2.45) is 0 Å². The molecule has 2 aromatic carbocycles. The van der Waals surface area contributed by atoms with Crippen LogP contribution in [0.25, 0.3) is 11.5 Å². The van der Waals surface area contributed by atoms with Gasteiger partial charge in [-0.25, -0.2) is 18.2 Å². The van der Waals surface area contributed by atoms with Crippen LogP contribution in [0.2, 0.25) is 0 Å². The lowest BCUT2D eigenvalue weighted by atomic mass is 10.1. The van der Waals surface area contributed by atoms with E-state index >= 15 is 0 Å². The number of carbonyl (C=O) groups is 1. The molecule has 3 aromatic rings. The predicted molar refractivity (Wildman–Crippen MR) is 95.7 cm³/mol. The molecular formula is C19H17NO5S. The number of aromatic carboxylic acids is 1. The molecule has 3 rings (SSSR count). The average molecular weight is 371 g/mol. The lowest BCUT2D eigenvalue weighted by Gasteiger charge is -2.03. The van der Waals surface area contributed by atoms with Gasteiger partial charge in [-0.15, -0.1) is 0 Å². The topological polar surface area (TPSA) is 97.5 Å². The molecule has 134 valence electrons. The van der Waals surface area contributed by atoms with Crippen LogP contribution < -0.4 is 0 Å². The molecule has 0 saturated carbocycles. The van der Waals surface area contributed by atoms with Crippen molar-refractivity contribution < 1.29 is 22.7 Å². The van der Waals surface area contributed by atoms with E-state index < -0.39 is 15.8 Å². The summed E-state index contributed by atoms with van der Waals surface area (Å²) in [5.74, 6) is -0.616. The summed E-state index contributed by atoms with van der Waals surface area (Å²) in [5, 5.41) is 8.94. The third-order valence-corrected chi connectivity index (χ3v) is 5.62. The Kier molecular flexibility index (Phi) is 4.65. The molecule has 0 saturated heterocycles. The van der Waals surface area contributed by atoms with E-state index in [2.05, 4.69) is 4.98 Å². The van der Waals surface area contributed by atoms with Crippen molar-refractivity contribution in [3.05, 3.63) is 71.1 Å². The number of sulfone groups is 1. The summed E-state index contributed by atoms with van der Waals surface area (Å²) < 4.78 is 30.7. The van der Waals surface area contributed by atoms with Gasteiger partial charge in [0.1, 0.15) is 11.5 Å². The quantitative estimate of drug-likeness (QED) is 0.735. The molecule has 0 bridgehead atoms. The highest BCUT2D eigenvalue weighted by Gasteiger charge is 2.21. The fraction of sp³-hybridized carbons (Fsp3) is 0.158. The summed E-state index contributed by atoms with van der Waals surface area (Å²) in [6.45, 7) is 3.54. The smallest absolute Gasteiger partial charge is 0.335 e. The molecule has 6 nitrogen and oxygen atoms in total. The summed E-state index contributed by atoms with van der Waals surface area (Å²) in [5.41, 5.74) is 2.05. The van der Waals surface area contributed by atoms with Crippen molar-refractivity contribution in [3.8, 4) is 11.5 Å². The molecule has 0 amide bonds. The van der Waals surface area contributed by atoms with Gasteiger partial charge in [-0.1, -0.05) is 17.7 Å². The molecule has 0 aliphatic rings. The number of hydrogen-bond donors (Lipinski definition) is 1. The second kappa shape index (κ2) is 6.76. The van der Waals surface area contributed by atoms with Crippen LogP contribution in [0, 0.1) is 13.8 Å². The minimum Gasteiger partial charge on any atom is -0.478 e. The van der Waals surface area contributed by atoms with Crippen molar-refractivity contribution in [2.75, 3.05) is 0 Å². The highest BCUT2D eigenvalue weighted by atomic mass is 32.2. The molecule has 0 unspecified atom stereocenters. The Labute approximate surface area is 151 Å². The Balaban J connectivity index is 1.88. The number of benzene rings is 2. The number of carboxylic acids is 1. The number of aromatic nitrogens is 1. The third kappa shape index (κ3) is 3.67. The molecule has 1 heterocycles. The summed E-state index contributed by atoms with van der Waals surface area (Å²) in [7, 11) is -3.54. The first kappa shape index (κ1) is 17.9. The van der Waals surface area contributed by atoms with Crippen molar-refractivity contribution in [1.29, 1.82) is 0 Å². The van der Waals surface area contributed by atoms with Gasteiger partial charge in [-0.2, -0.15) is 0 Å². The molecule has 0 aliphatic carbocycles. The molecule has 0 aliphatic heterocycles. The van der Waals surface area contributed by atoms with E-state index in [1.807, 2.05) is 6.92 Å². The van der Waals surface area contributed by atoms with Gasteiger partial charge in [0.25, 0.3) is 0 Å². The summed E-state index contributed by atoms with van der Waals surface area (Å²) in [4.78, 5) is 15.4. The molecule has 7 heteroatoms. The Morgan fingerprint density at radius 2 is 1.65 bits per heavy atom. The van der Waals surface area contributed by atoms with E-state index in [1.54, 1.807) is 43.3 Å². The van der Waals surface area contributed by atoms with Gasteiger partial charge in [0.05, 0.1) is 16.2 Å². The van der Waals surface area contributed by atoms with E-state index in [4.69, 9.17) is 9.52 Å². The van der Waals surface area contributed by atoms with E-state index in [1.165, 1.54) is 12.1 Å². The summed E-state index contributed by atoms with van der Waals surface area (Å²) in [6.07, 6.45) is 0.